The monoisotopic (exact) mass is 421 g/mol. The normalized spacial score (nSPS) is 11.2. The van der Waals surface area contributed by atoms with Crippen molar-refractivity contribution < 1.29 is 18.6 Å². The van der Waals surface area contributed by atoms with E-state index in [4.69, 9.17) is 14.2 Å². The van der Waals surface area contributed by atoms with E-state index in [0.717, 1.165) is 22.4 Å². The maximum absolute atomic E-state index is 13.5. The van der Waals surface area contributed by atoms with Gasteiger partial charge < -0.3 is 24.8 Å². The highest BCUT2D eigenvalue weighted by atomic mass is 32.2. The number of thioether (sulfide) groups is 1. The lowest BCUT2D eigenvalue weighted by Gasteiger charge is -2.18. The number of ether oxygens (including phenoxy) is 3. The van der Waals surface area contributed by atoms with Crippen LogP contribution in [0.3, 0.4) is 0 Å². The highest BCUT2D eigenvalue weighted by molar-refractivity contribution is 7.97. The van der Waals surface area contributed by atoms with Crippen LogP contribution < -0.4 is 24.8 Å². The van der Waals surface area contributed by atoms with E-state index in [9.17, 15) is 4.39 Å². The van der Waals surface area contributed by atoms with Crippen molar-refractivity contribution in [2.45, 2.75) is 18.8 Å². The predicted octanol–water partition coefficient (Wildman–Crippen LogP) is 3.58. The van der Waals surface area contributed by atoms with Crippen molar-refractivity contribution in [3.8, 4) is 17.2 Å². The number of hydrogen-bond donors (Lipinski definition) is 2. The van der Waals surface area contributed by atoms with Crippen molar-refractivity contribution in [1.82, 2.24) is 10.6 Å². The van der Waals surface area contributed by atoms with E-state index >= 15 is 0 Å². The Bertz CT molecular complexity index is 821. The molecule has 0 saturated heterocycles. The maximum Gasteiger partial charge on any atom is 0.191 e. The first kappa shape index (κ1) is 22.7. The van der Waals surface area contributed by atoms with Crippen LogP contribution in [0.5, 0.6) is 17.2 Å². The van der Waals surface area contributed by atoms with E-state index in [-0.39, 0.29) is 5.82 Å². The Morgan fingerprint density at radius 3 is 2.17 bits per heavy atom. The summed E-state index contributed by atoms with van der Waals surface area (Å²) >= 11 is 1.66. The molecule has 2 rings (SSSR count). The topological polar surface area (TPSA) is 64.1 Å². The largest absolute Gasteiger partial charge is 0.496 e. The molecule has 2 N–H and O–H groups in total. The van der Waals surface area contributed by atoms with E-state index < -0.39 is 0 Å². The molecule has 158 valence electrons. The number of guanidine groups is 1. The average Bonchev–Trinajstić information content (AvgIpc) is 2.74. The molecule has 2 aromatic carbocycles. The molecular formula is C21H28FN3O3S. The molecule has 6 nitrogen and oxygen atoms in total. The molecule has 0 radical (unpaired) electrons. The third-order valence-electron chi connectivity index (χ3n) is 4.39. The number of methoxy groups -OCH3 is 3. The molecule has 8 heteroatoms. The van der Waals surface area contributed by atoms with E-state index in [1.54, 1.807) is 52.3 Å². The lowest BCUT2D eigenvalue weighted by Crippen LogP contribution is -2.36. The van der Waals surface area contributed by atoms with Gasteiger partial charge in [-0.05, 0) is 29.5 Å². The molecule has 0 aliphatic heterocycles. The summed E-state index contributed by atoms with van der Waals surface area (Å²) in [7, 11) is 6.50. The summed E-state index contributed by atoms with van der Waals surface area (Å²) < 4.78 is 29.8. The molecule has 0 aliphatic carbocycles. The van der Waals surface area contributed by atoms with Crippen LogP contribution in [0.4, 0.5) is 4.39 Å². The Morgan fingerprint density at radius 2 is 1.62 bits per heavy atom. The second-order valence-electron chi connectivity index (χ2n) is 6.14. The fourth-order valence-corrected chi connectivity index (χ4v) is 3.46. The highest BCUT2D eigenvalue weighted by Crippen LogP contribution is 2.33. The zero-order valence-corrected chi connectivity index (χ0v) is 18.3. The number of halogens is 1. The zero-order valence-electron chi connectivity index (χ0n) is 17.5. The second kappa shape index (κ2) is 11.4. The van der Waals surface area contributed by atoms with Crippen molar-refractivity contribution in [3.63, 3.8) is 0 Å². The predicted molar refractivity (Wildman–Crippen MR) is 117 cm³/mol. The van der Waals surface area contributed by atoms with Gasteiger partial charge in [0.2, 0.25) is 0 Å². The summed E-state index contributed by atoms with van der Waals surface area (Å²) in [6, 6.07) is 8.48. The van der Waals surface area contributed by atoms with Crippen LogP contribution in [0.2, 0.25) is 0 Å². The van der Waals surface area contributed by atoms with Crippen molar-refractivity contribution in [3.05, 3.63) is 52.8 Å². The first-order valence-corrected chi connectivity index (χ1v) is 10.4. The van der Waals surface area contributed by atoms with Gasteiger partial charge in [0.15, 0.2) is 5.96 Å². The molecule has 0 aliphatic rings. The highest BCUT2D eigenvalue weighted by Gasteiger charge is 2.14. The molecule has 2 aromatic rings. The van der Waals surface area contributed by atoms with Crippen molar-refractivity contribution in [2.75, 3.05) is 34.6 Å². The minimum absolute atomic E-state index is 0.223. The number of aliphatic imine (C=N–C) groups is 1. The molecular weight excluding hydrogens is 393 g/mol. The van der Waals surface area contributed by atoms with Crippen molar-refractivity contribution in [2.24, 2.45) is 4.99 Å². The molecule has 0 saturated carbocycles. The van der Waals surface area contributed by atoms with Crippen molar-refractivity contribution >= 4 is 17.7 Å². The van der Waals surface area contributed by atoms with Gasteiger partial charge in [0, 0.05) is 31.5 Å². The summed E-state index contributed by atoms with van der Waals surface area (Å²) in [6.07, 6.45) is 2.00. The summed E-state index contributed by atoms with van der Waals surface area (Å²) in [5.41, 5.74) is 2.85. The Kier molecular flexibility index (Phi) is 8.92. The molecule has 0 heterocycles. The van der Waals surface area contributed by atoms with Gasteiger partial charge in [0.05, 0.1) is 33.4 Å². The van der Waals surface area contributed by atoms with Crippen LogP contribution in [0, 0.1) is 5.82 Å². The molecule has 0 bridgehead atoms. The van der Waals surface area contributed by atoms with Crippen LogP contribution in [-0.4, -0.2) is 40.6 Å². The number of nitrogens with one attached hydrogen (secondary N) is 2. The lowest BCUT2D eigenvalue weighted by molar-refractivity contribution is 0.368. The first-order valence-electron chi connectivity index (χ1n) is 9.05. The zero-order chi connectivity index (χ0) is 21.2. The van der Waals surface area contributed by atoms with E-state index in [0.29, 0.717) is 36.3 Å². The Hall–Kier alpha value is -2.61. The van der Waals surface area contributed by atoms with Gasteiger partial charge in [-0.1, -0.05) is 6.07 Å². The summed E-state index contributed by atoms with van der Waals surface area (Å²) in [4.78, 5) is 4.26. The van der Waals surface area contributed by atoms with E-state index in [2.05, 4.69) is 15.6 Å². The summed E-state index contributed by atoms with van der Waals surface area (Å²) in [5.74, 6) is 3.11. The minimum Gasteiger partial charge on any atom is -0.496 e. The molecule has 0 unspecified atom stereocenters. The number of nitrogens with zero attached hydrogens (tertiary/aromatic N) is 1. The lowest BCUT2D eigenvalue weighted by atomic mass is 10.1. The van der Waals surface area contributed by atoms with Gasteiger partial charge in [-0.15, -0.1) is 0 Å². The van der Waals surface area contributed by atoms with Gasteiger partial charge in [-0.2, -0.15) is 11.8 Å². The molecule has 0 atom stereocenters. The van der Waals surface area contributed by atoms with Gasteiger partial charge in [-0.3, -0.25) is 4.99 Å². The number of hydrogen-bond acceptors (Lipinski definition) is 5. The Labute approximate surface area is 175 Å². The smallest absolute Gasteiger partial charge is 0.191 e. The third kappa shape index (κ3) is 6.19. The molecule has 0 amide bonds. The fraction of sp³-hybridized carbons (Fsp3) is 0.381. The molecule has 0 fully saturated rings. The minimum atomic E-state index is -0.223. The SMILES string of the molecule is CN=C(NCc1ccc(F)cc1CSC)NCc1c(OC)cc(OC)cc1OC. The van der Waals surface area contributed by atoms with Gasteiger partial charge >= 0.3 is 0 Å². The van der Waals surface area contributed by atoms with E-state index in [1.165, 1.54) is 6.07 Å². The fourth-order valence-electron chi connectivity index (χ4n) is 2.88. The summed E-state index contributed by atoms with van der Waals surface area (Å²) in [5, 5.41) is 6.54. The van der Waals surface area contributed by atoms with E-state index in [1.807, 2.05) is 18.4 Å². The van der Waals surface area contributed by atoms with Crippen molar-refractivity contribution in [1.29, 1.82) is 0 Å². The Balaban J connectivity index is 2.09. The Morgan fingerprint density at radius 1 is 0.966 bits per heavy atom. The average molecular weight is 422 g/mol. The van der Waals surface area contributed by atoms with Crippen LogP contribution in [0.1, 0.15) is 16.7 Å². The molecule has 29 heavy (non-hydrogen) atoms. The van der Waals surface area contributed by atoms with Gasteiger partial charge in [0.1, 0.15) is 23.1 Å². The summed E-state index contributed by atoms with van der Waals surface area (Å²) in [6.45, 7) is 0.976. The van der Waals surface area contributed by atoms with Crippen LogP contribution in [-0.2, 0) is 18.8 Å². The van der Waals surface area contributed by atoms with Crippen LogP contribution >= 0.6 is 11.8 Å². The first-order chi connectivity index (χ1) is 14.1. The molecule has 0 aromatic heterocycles. The second-order valence-corrected chi connectivity index (χ2v) is 7.00. The number of benzene rings is 2. The number of rotatable bonds is 9. The van der Waals surface area contributed by atoms with Gasteiger partial charge in [-0.25, -0.2) is 4.39 Å². The maximum atomic E-state index is 13.5. The quantitative estimate of drug-likeness (QED) is 0.477. The third-order valence-corrected chi connectivity index (χ3v) is 4.99. The van der Waals surface area contributed by atoms with Crippen LogP contribution in [0.25, 0.3) is 0 Å². The van der Waals surface area contributed by atoms with Gasteiger partial charge in [0.25, 0.3) is 0 Å². The van der Waals surface area contributed by atoms with Crippen LogP contribution in [0.15, 0.2) is 35.3 Å². The molecule has 0 spiro atoms. The standard InChI is InChI=1S/C21H28FN3O3S/c1-23-21(24-11-14-6-7-16(22)8-15(14)13-29-5)25-12-18-19(27-3)9-17(26-2)10-20(18)28-4/h6-10H,11-13H2,1-5H3,(H2,23,24,25).